The molecular formula is C30H32ClFN4O3. The van der Waals surface area contributed by atoms with Crippen LogP contribution in [0.2, 0.25) is 5.02 Å². The summed E-state index contributed by atoms with van der Waals surface area (Å²) in [6.45, 7) is 6.74. The summed E-state index contributed by atoms with van der Waals surface area (Å²) in [4.78, 5) is 21.6. The summed E-state index contributed by atoms with van der Waals surface area (Å²) in [5.74, 6) is 0.997. The minimum absolute atomic E-state index is 0.0657. The van der Waals surface area contributed by atoms with Gasteiger partial charge < -0.3 is 19.6 Å². The Kier molecular flexibility index (Phi) is 7.27. The number of halogens is 2. The molecule has 1 aromatic heterocycles. The number of aromatic nitrogens is 1. The van der Waals surface area contributed by atoms with Crippen molar-refractivity contribution < 1.29 is 19.0 Å². The molecule has 5 rings (SSSR count). The van der Waals surface area contributed by atoms with Crippen molar-refractivity contribution in [1.29, 1.82) is 0 Å². The van der Waals surface area contributed by atoms with Crippen LogP contribution in [0.25, 0.3) is 22.3 Å². The number of amides is 1. The molecule has 2 aliphatic heterocycles. The van der Waals surface area contributed by atoms with Crippen LogP contribution in [0.4, 0.5) is 15.9 Å². The van der Waals surface area contributed by atoms with E-state index in [2.05, 4.69) is 23.7 Å². The lowest BCUT2D eigenvalue weighted by molar-refractivity contribution is -0.224. The van der Waals surface area contributed by atoms with Gasteiger partial charge in [0.15, 0.2) is 0 Å². The number of aromatic hydroxyl groups is 1. The van der Waals surface area contributed by atoms with Crippen LogP contribution in [0.5, 0.6) is 5.75 Å². The lowest BCUT2D eigenvalue weighted by atomic mass is 9.72. The summed E-state index contributed by atoms with van der Waals surface area (Å²) in [5.41, 5.74) is 2.21. The Morgan fingerprint density at radius 3 is 2.44 bits per heavy atom. The average Bonchev–Trinajstić information content (AvgIpc) is 2.91. The molecule has 0 radical (unpaired) electrons. The smallest absolute Gasteiger partial charge is 0.218 e. The van der Waals surface area contributed by atoms with E-state index in [4.69, 9.17) is 16.3 Å². The Hall–Kier alpha value is -3.62. The standard InChI is InChI=1S/C30H32ClFN4O3/c1-19-15-36(16-22-17-39-30(19,22)2)28-12-21(7-8-33-28)25-14-23(32)13-24(29(25)38)20-5-6-27(26(31)11-20)35(18-37)10-9-34(3)4/h5-14,18-19,22,38H,15-17H2,1-4H3/b10-9-. The Bertz CT molecular complexity index is 1420. The zero-order valence-electron chi connectivity index (χ0n) is 22.4. The first-order valence-electron chi connectivity index (χ1n) is 12.9. The number of carbonyl (C=O) groups excluding carboxylic acids is 1. The zero-order chi connectivity index (χ0) is 27.9. The van der Waals surface area contributed by atoms with Crippen LogP contribution in [0, 0.1) is 17.7 Å². The monoisotopic (exact) mass is 550 g/mol. The maximum Gasteiger partial charge on any atom is 0.218 e. The molecule has 0 aliphatic carbocycles. The molecule has 2 fully saturated rings. The molecule has 39 heavy (non-hydrogen) atoms. The van der Waals surface area contributed by atoms with Crippen LogP contribution in [-0.4, -0.2) is 60.8 Å². The number of carbonyl (C=O) groups is 1. The van der Waals surface area contributed by atoms with Crippen LogP contribution in [0.1, 0.15) is 13.8 Å². The van der Waals surface area contributed by atoms with Gasteiger partial charge in [-0.1, -0.05) is 24.6 Å². The molecular weight excluding hydrogens is 519 g/mol. The summed E-state index contributed by atoms with van der Waals surface area (Å²) in [5, 5.41) is 11.6. The van der Waals surface area contributed by atoms with Gasteiger partial charge in [-0.3, -0.25) is 9.69 Å². The second-order valence-electron chi connectivity index (χ2n) is 10.7. The van der Waals surface area contributed by atoms with Crippen molar-refractivity contribution >= 4 is 29.5 Å². The summed E-state index contributed by atoms with van der Waals surface area (Å²) in [7, 11) is 3.68. The molecule has 3 atom stereocenters. The molecule has 9 heteroatoms. The lowest BCUT2D eigenvalue weighted by Gasteiger charge is -2.57. The number of hydrogen-bond donors (Lipinski definition) is 1. The van der Waals surface area contributed by atoms with E-state index in [1.807, 2.05) is 20.2 Å². The molecule has 7 nitrogen and oxygen atoms in total. The quantitative estimate of drug-likeness (QED) is 0.377. The number of phenols is 1. The van der Waals surface area contributed by atoms with E-state index in [-0.39, 0.29) is 16.4 Å². The number of ether oxygens (including phenoxy) is 1. The predicted molar refractivity (Wildman–Crippen MR) is 152 cm³/mol. The van der Waals surface area contributed by atoms with Crippen LogP contribution >= 0.6 is 11.6 Å². The van der Waals surface area contributed by atoms with E-state index < -0.39 is 5.82 Å². The molecule has 0 saturated carbocycles. The predicted octanol–water partition coefficient (Wildman–Crippen LogP) is 5.77. The lowest BCUT2D eigenvalue weighted by Crippen LogP contribution is -2.65. The molecule has 1 N–H and O–H groups in total. The van der Waals surface area contributed by atoms with Crippen molar-refractivity contribution in [1.82, 2.24) is 9.88 Å². The number of phenolic OH excluding ortho intramolecular Hbond substituents is 1. The summed E-state index contributed by atoms with van der Waals surface area (Å²) in [6.07, 6.45) is 5.65. The fourth-order valence-corrected chi connectivity index (χ4v) is 5.62. The Balaban J connectivity index is 1.47. The molecule has 2 aromatic carbocycles. The molecule has 0 spiro atoms. The Morgan fingerprint density at radius 1 is 1.13 bits per heavy atom. The molecule has 2 aliphatic rings. The van der Waals surface area contributed by atoms with Gasteiger partial charge in [0, 0.05) is 68.7 Å². The Labute approximate surface area is 233 Å². The molecule has 3 unspecified atom stereocenters. The van der Waals surface area contributed by atoms with Gasteiger partial charge in [0.05, 0.1) is 22.9 Å². The molecule has 2 saturated heterocycles. The number of benzene rings is 2. The van der Waals surface area contributed by atoms with Crippen molar-refractivity contribution in [2.24, 2.45) is 11.8 Å². The third kappa shape index (κ3) is 5.06. The van der Waals surface area contributed by atoms with Crippen molar-refractivity contribution in [2.45, 2.75) is 19.4 Å². The van der Waals surface area contributed by atoms with Crippen LogP contribution in [0.3, 0.4) is 0 Å². The minimum Gasteiger partial charge on any atom is -0.507 e. The highest BCUT2D eigenvalue weighted by molar-refractivity contribution is 6.34. The highest BCUT2D eigenvalue weighted by atomic mass is 35.5. The number of nitrogens with zero attached hydrogens (tertiary/aromatic N) is 4. The molecule has 3 heterocycles. The van der Waals surface area contributed by atoms with Crippen LogP contribution in [-0.2, 0) is 9.53 Å². The number of pyridine rings is 1. The maximum absolute atomic E-state index is 14.9. The third-order valence-corrected chi connectivity index (χ3v) is 8.25. The number of rotatable bonds is 7. The number of piperidine rings is 1. The first-order valence-corrected chi connectivity index (χ1v) is 13.2. The van der Waals surface area contributed by atoms with Gasteiger partial charge in [-0.05, 0) is 54.4 Å². The SMILES string of the molecule is CC1CN(c2cc(-c3cc(F)cc(-c4ccc(N(C=O)/C=C\N(C)C)c(Cl)c4)c3O)ccn2)CC2COC12C. The third-order valence-electron chi connectivity index (χ3n) is 7.95. The van der Waals surface area contributed by atoms with E-state index in [0.717, 1.165) is 25.5 Å². The average molecular weight is 551 g/mol. The summed E-state index contributed by atoms with van der Waals surface area (Å²) in [6, 6.07) is 11.2. The highest BCUT2D eigenvalue weighted by Gasteiger charge is 2.52. The number of anilines is 2. The molecule has 0 bridgehead atoms. The van der Waals surface area contributed by atoms with E-state index in [1.165, 1.54) is 17.0 Å². The fraction of sp³-hybridized carbons (Fsp3) is 0.333. The van der Waals surface area contributed by atoms with Gasteiger partial charge in [-0.25, -0.2) is 9.37 Å². The minimum atomic E-state index is -0.492. The maximum atomic E-state index is 14.9. The van der Waals surface area contributed by atoms with E-state index >= 15 is 0 Å². The summed E-state index contributed by atoms with van der Waals surface area (Å²) >= 11 is 6.53. The van der Waals surface area contributed by atoms with Gasteiger partial charge in [0.2, 0.25) is 6.41 Å². The van der Waals surface area contributed by atoms with Gasteiger partial charge in [0.25, 0.3) is 0 Å². The normalized spacial score (nSPS) is 22.4. The topological polar surface area (TPSA) is 69.1 Å². The van der Waals surface area contributed by atoms with E-state index in [9.17, 15) is 14.3 Å². The van der Waals surface area contributed by atoms with Crippen molar-refractivity contribution in [2.75, 3.05) is 43.6 Å². The van der Waals surface area contributed by atoms with Crippen molar-refractivity contribution in [3.05, 3.63) is 71.9 Å². The summed E-state index contributed by atoms with van der Waals surface area (Å²) < 4.78 is 20.8. The fourth-order valence-electron chi connectivity index (χ4n) is 5.34. The molecule has 1 amide bonds. The number of hydrogen-bond acceptors (Lipinski definition) is 6. The van der Waals surface area contributed by atoms with E-state index in [1.54, 1.807) is 47.8 Å². The van der Waals surface area contributed by atoms with Crippen LogP contribution in [0.15, 0.2) is 61.1 Å². The Morgan fingerprint density at radius 2 is 1.85 bits per heavy atom. The van der Waals surface area contributed by atoms with Gasteiger partial charge >= 0.3 is 0 Å². The highest BCUT2D eigenvalue weighted by Crippen LogP contribution is 2.45. The van der Waals surface area contributed by atoms with Gasteiger partial charge in [-0.15, -0.1) is 0 Å². The van der Waals surface area contributed by atoms with Crippen molar-refractivity contribution in [3.8, 4) is 28.0 Å². The van der Waals surface area contributed by atoms with Gasteiger partial charge in [-0.2, -0.15) is 0 Å². The molecule has 3 aromatic rings. The van der Waals surface area contributed by atoms with Gasteiger partial charge in [0.1, 0.15) is 17.4 Å². The second kappa shape index (κ2) is 10.5. The van der Waals surface area contributed by atoms with Crippen LogP contribution < -0.4 is 9.80 Å². The largest absolute Gasteiger partial charge is 0.507 e. The number of fused-ring (bicyclic) bond motifs is 1. The first-order chi connectivity index (χ1) is 18.6. The first kappa shape index (κ1) is 27.0. The van der Waals surface area contributed by atoms with Crippen molar-refractivity contribution in [3.63, 3.8) is 0 Å². The van der Waals surface area contributed by atoms with E-state index in [0.29, 0.717) is 46.2 Å². The zero-order valence-corrected chi connectivity index (χ0v) is 23.2. The second-order valence-corrected chi connectivity index (χ2v) is 11.1. The molecule has 204 valence electrons.